The summed E-state index contributed by atoms with van der Waals surface area (Å²) in [6.45, 7) is 6.18. The van der Waals surface area contributed by atoms with Crippen LogP contribution in [0.5, 0.6) is 0 Å². The zero-order chi connectivity index (χ0) is 36.1. The van der Waals surface area contributed by atoms with Crippen LogP contribution in [0.25, 0.3) is 0 Å². The van der Waals surface area contributed by atoms with Crippen molar-refractivity contribution in [2.45, 2.75) is 200 Å². The average molecular weight is 695 g/mol. The summed E-state index contributed by atoms with van der Waals surface area (Å²) in [5.41, 5.74) is 0. The van der Waals surface area contributed by atoms with Gasteiger partial charge in [0.1, 0.15) is 12.4 Å². The fourth-order valence-electron chi connectivity index (χ4n) is 6.76. The Kier molecular flexibility index (Phi) is 27.6. The Hall–Kier alpha value is -1.77. The molecule has 1 saturated carbocycles. The summed E-state index contributed by atoms with van der Waals surface area (Å²) < 4.78 is 10.6. The van der Waals surface area contributed by atoms with Crippen LogP contribution in [0.15, 0.2) is 12.2 Å². The molecule has 8 nitrogen and oxygen atoms in total. The van der Waals surface area contributed by atoms with Gasteiger partial charge in [0, 0.05) is 25.2 Å². The number of ether oxygens (including phenoxy) is 2. The maximum Gasteiger partial charge on any atom is 0.306 e. The van der Waals surface area contributed by atoms with E-state index in [1.807, 2.05) is 0 Å². The van der Waals surface area contributed by atoms with Gasteiger partial charge in [0.25, 0.3) is 0 Å². The van der Waals surface area contributed by atoms with Crippen LogP contribution in [-0.2, 0) is 23.9 Å². The topological polar surface area (TPSA) is 130 Å². The number of rotatable bonds is 32. The van der Waals surface area contributed by atoms with E-state index < -0.39 is 30.9 Å². The van der Waals surface area contributed by atoms with Crippen LogP contribution in [0.1, 0.15) is 181 Å². The van der Waals surface area contributed by atoms with Gasteiger partial charge in [-0.15, -0.1) is 0 Å². The first-order valence-corrected chi connectivity index (χ1v) is 20.2. The number of allylic oxidation sites excluding steroid dienone is 1. The van der Waals surface area contributed by atoms with E-state index in [0.29, 0.717) is 19.3 Å². The fraction of sp³-hybridized carbons (Fsp3) is 0.878. The number of ketones is 1. The van der Waals surface area contributed by atoms with E-state index in [0.717, 1.165) is 70.1 Å². The quantitative estimate of drug-likeness (QED) is 0.0362. The molecule has 0 aromatic carbocycles. The van der Waals surface area contributed by atoms with Crippen molar-refractivity contribution in [2.24, 2.45) is 17.8 Å². The third-order valence-electron chi connectivity index (χ3n) is 9.89. The molecule has 0 radical (unpaired) electrons. The van der Waals surface area contributed by atoms with Crippen LogP contribution in [0.2, 0.25) is 0 Å². The van der Waals surface area contributed by atoms with E-state index >= 15 is 0 Å². The SMILES string of the molecule is CCCCC[C@H](O)/C=C/[C@H]1C(=O)C[C@H](O)[C@@H]1CCCCCCC(=O)O[C@@H](CO)COC(=O)CCCCCCCCCCCCCCC(C)C. The number of carbonyl (C=O) groups is 3. The van der Waals surface area contributed by atoms with E-state index in [-0.39, 0.29) is 43.0 Å². The second kappa shape index (κ2) is 29.9. The highest BCUT2D eigenvalue weighted by Crippen LogP contribution is 2.34. The van der Waals surface area contributed by atoms with Gasteiger partial charge in [0.05, 0.1) is 18.8 Å². The maximum atomic E-state index is 12.4. The molecular formula is C41H74O8. The Bertz CT molecular complexity index is 872. The second-order valence-corrected chi connectivity index (χ2v) is 15.0. The van der Waals surface area contributed by atoms with Gasteiger partial charge in [-0.2, -0.15) is 0 Å². The normalized spacial score (nSPS) is 19.2. The number of esters is 2. The summed E-state index contributed by atoms with van der Waals surface area (Å²) >= 11 is 0. The number of hydrogen-bond donors (Lipinski definition) is 3. The Morgan fingerprint density at radius 3 is 1.88 bits per heavy atom. The molecule has 0 aromatic heterocycles. The highest BCUT2D eigenvalue weighted by molar-refractivity contribution is 5.86. The van der Waals surface area contributed by atoms with E-state index in [1.165, 1.54) is 64.2 Å². The molecule has 0 aliphatic heterocycles. The summed E-state index contributed by atoms with van der Waals surface area (Å²) in [6.07, 6.45) is 26.0. The largest absolute Gasteiger partial charge is 0.462 e. The van der Waals surface area contributed by atoms with Gasteiger partial charge in [-0.1, -0.05) is 148 Å². The molecule has 0 unspecified atom stereocenters. The number of unbranched alkanes of at least 4 members (excludes halogenated alkanes) is 16. The first kappa shape index (κ1) is 45.3. The third-order valence-corrected chi connectivity index (χ3v) is 9.89. The Labute approximate surface area is 299 Å². The van der Waals surface area contributed by atoms with Gasteiger partial charge in [-0.05, 0) is 37.5 Å². The fourth-order valence-corrected chi connectivity index (χ4v) is 6.76. The standard InChI is InChI=1S/C41H74O8/c1-4-5-18-24-34(43)28-29-37-36(38(44)30-39(37)45)25-20-16-17-22-27-41(47)49-35(31-42)32-48-40(46)26-21-15-13-11-9-7-6-8-10-12-14-19-23-33(2)3/h28-29,33-38,42-44H,4-27,30-32H2,1-3H3/b29-28+/t34-,35-,36+,37+,38-/m0/s1. The Morgan fingerprint density at radius 2 is 1.31 bits per heavy atom. The van der Waals surface area contributed by atoms with E-state index in [2.05, 4.69) is 20.8 Å². The number of aliphatic hydroxyl groups excluding tert-OH is 3. The molecule has 1 aliphatic carbocycles. The minimum Gasteiger partial charge on any atom is -0.462 e. The summed E-state index contributed by atoms with van der Waals surface area (Å²) in [6, 6.07) is 0. The Morgan fingerprint density at radius 1 is 0.776 bits per heavy atom. The monoisotopic (exact) mass is 695 g/mol. The van der Waals surface area contributed by atoms with Gasteiger partial charge in [0.2, 0.25) is 0 Å². The zero-order valence-corrected chi connectivity index (χ0v) is 31.6. The number of Topliss-reactive ketones (excluding diaryl/α,β-unsaturated/α-hetero) is 1. The molecule has 1 aliphatic rings. The van der Waals surface area contributed by atoms with Gasteiger partial charge in [-0.3, -0.25) is 14.4 Å². The van der Waals surface area contributed by atoms with Crippen LogP contribution >= 0.6 is 0 Å². The van der Waals surface area contributed by atoms with E-state index in [9.17, 15) is 29.7 Å². The molecule has 3 N–H and O–H groups in total. The van der Waals surface area contributed by atoms with Crippen LogP contribution < -0.4 is 0 Å². The third kappa shape index (κ3) is 24.1. The lowest BCUT2D eigenvalue weighted by Crippen LogP contribution is -2.28. The van der Waals surface area contributed by atoms with Crippen LogP contribution in [-0.4, -0.2) is 64.6 Å². The van der Waals surface area contributed by atoms with Crippen molar-refractivity contribution in [3.63, 3.8) is 0 Å². The summed E-state index contributed by atoms with van der Waals surface area (Å²) in [4.78, 5) is 36.9. The molecule has 0 aromatic rings. The average Bonchev–Trinajstić information content (AvgIpc) is 3.34. The smallest absolute Gasteiger partial charge is 0.306 e. The molecule has 49 heavy (non-hydrogen) atoms. The molecule has 0 bridgehead atoms. The maximum absolute atomic E-state index is 12.4. The minimum absolute atomic E-state index is 0.0333. The highest BCUT2D eigenvalue weighted by Gasteiger charge is 2.39. The van der Waals surface area contributed by atoms with Crippen molar-refractivity contribution in [2.75, 3.05) is 13.2 Å². The molecule has 1 rings (SSSR count). The summed E-state index contributed by atoms with van der Waals surface area (Å²) in [7, 11) is 0. The van der Waals surface area contributed by atoms with Crippen molar-refractivity contribution in [3.05, 3.63) is 12.2 Å². The molecule has 0 saturated heterocycles. The molecule has 1 fully saturated rings. The van der Waals surface area contributed by atoms with Crippen molar-refractivity contribution in [1.82, 2.24) is 0 Å². The lowest BCUT2D eigenvalue weighted by Gasteiger charge is -2.19. The lowest BCUT2D eigenvalue weighted by atomic mass is 9.88. The zero-order valence-electron chi connectivity index (χ0n) is 31.6. The van der Waals surface area contributed by atoms with Gasteiger partial charge < -0.3 is 24.8 Å². The van der Waals surface area contributed by atoms with Crippen LogP contribution in [0, 0.1) is 17.8 Å². The van der Waals surface area contributed by atoms with E-state index in [4.69, 9.17) is 9.47 Å². The summed E-state index contributed by atoms with van der Waals surface area (Å²) in [5.74, 6) is -0.367. The van der Waals surface area contributed by atoms with Crippen LogP contribution in [0.3, 0.4) is 0 Å². The predicted octanol–water partition coefficient (Wildman–Crippen LogP) is 8.96. The van der Waals surface area contributed by atoms with Gasteiger partial charge >= 0.3 is 11.9 Å². The van der Waals surface area contributed by atoms with Crippen molar-refractivity contribution < 1.29 is 39.2 Å². The molecule has 0 heterocycles. The van der Waals surface area contributed by atoms with Crippen molar-refractivity contribution in [1.29, 1.82) is 0 Å². The lowest BCUT2D eigenvalue weighted by molar-refractivity contribution is -0.161. The molecule has 8 heteroatoms. The Balaban J connectivity index is 2.07. The molecule has 5 atom stereocenters. The van der Waals surface area contributed by atoms with E-state index in [1.54, 1.807) is 12.2 Å². The minimum atomic E-state index is -0.854. The summed E-state index contributed by atoms with van der Waals surface area (Å²) in [5, 5.41) is 30.2. The van der Waals surface area contributed by atoms with Crippen molar-refractivity contribution in [3.8, 4) is 0 Å². The first-order valence-electron chi connectivity index (χ1n) is 20.2. The number of aliphatic hydroxyl groups is 3. The predicted molar refractivity (Wildman–Crippen MR) is 197 cm³/mol. The van der Waals surface area contributed by atoms with Crippen molar-refractivity contribution >= 4 is 17.7 Å². The molecule has 0 amide bonds. The molecule has 0 spiro atoms. The number of hydrogen-bond acceptors (Lipinski definition) is 8. The van der Waals surface area contributed by atoms with Gasteiger partial charge in [0.15, 0.2) is 6.10 Å². The van der Waals surface area contributed by atoms with Gasteiger partial charge in [-0.25, -0.2) is 0 Å². The van der Waals surface area contributed by atoms with Crippen LogP contribution in [0.4, 0.5) is 0 Å². The second-order valence-electron chi connectivity index (χ2n) is 15.0. The highest BCUT2D eigenvalue weighted by atomic mass is 16.6. The molecule has 286 valence electrons. The number of carbonyl (C=O) groups excluding carboxylic acids is 3. The molecular weight excluding hydrogens is 620 g/mol. The first-order chi connectivity index (χ1) is 23.7.